The first-order valence-electron chi connectivity index (χ1n) is 24.6. The van der Waals surface area contributed by atoms with Crippen LogP contribution in [0.5, 0.6) is 0 Å². The first kappa shape index (κ1) is 48.1. The molecule has 12 rings (SSSR count). The summed E-state index contributed by atoms with van der Waals surface area (Å²) in [5.41, 5.74) is 14.8. The molecule has 0 aliphatic carbocycles. The average molecular weight is 1020 g/mol. The summed E-state index contributed by atoms with van der Waals surface area (Å²) in [6, 6.07) is 62.9. The van der Waals surface area contributed by atoms with Crippen LogP contribution in [0.25, 0.3) is 130 Å². The molecule has 0 unspecified atom stereocenters. The predicted molar refractivity (Wildman–Crippen MR) is 309 cm³/mol. The summed E-state index contributed by atoms with van der Waals surface area (Å²) < 4.78 is 4.24. The molecule has 0 saturated carbocycles. The Kier molecular flexibility index (Phi) is 11.7. The molecule has 3 heterocycles. The summed E-state index contributed by atoms with van der Waals surface area (Å²) in [5, 5.41) is 54.1. The fraction of sp³-hybridized carbons (Fsp3) is 0. The minimum atomic E-state index is 0.334. The second kappa shape index (κ2) is 19.4. The van der Waals surface area contributed by atoms with Gasteiger partial charge in [0.05, 0.1) is 90.0 Å². The third-order valence-electron chi connectivity index (χ3n) is 14.5. The van der Waals surface area contributed by atoms with E-state index in [1.165, 1.54) is 0 Å². The number of hydrogen-bond acceptors (Lipinski definition) is 6. The van der Waals surface area contributed by atoms with Crippen molar-refractivity contribution in [2.24, 2.45) is 0 Å². The van der Waals surface area contributed by atoms with Gasteiger partial charge in [-0.05, 0) is 154 Å². The van der Waals surface area contributed by atoms with Crippen LogP contribution in [0.4, 0.5) is 22.7 Å². The van der Waals surface area contributed by atoms with E-state index in [-0.39, 0.29) is 0 Å². The Hall–Kier alpha value is -12.9. The summed E-state index contributed by atoms with van der Waals surface area (Å²) in [6.07, 6.45) is 3.45. The lowest BCUT2D eigenvalue weighted by Crippen LogP contribution is -2.01. The summed E-state index contributed by atoms with van der Waals surface area (Å²) in [5.74, 6) is 0. The Labute approximate surface area is 457 Å². The molecular weight excluding hydrogens is 985 g/mol. The van der Waals surface area contributed by atoms with Crippen molar-refractivity contribution in [1.82, 2.24) is 14.1 Å². The fourth-order valence-corrected chi connectivity index (χ4v) is 10.8. The lowest BCUT2D eigenvalue weighted by Gasteiger charge is -2.17. The van der Waals surface area contributed by atoms with E-state index in [2.05, 4.69) is 63.8 Å². The predicted octanol–water partition coefficient (Wildman–Crippen LogP) is 17.2. The first-order chi connectivity index (χ1) is 39.2. The van der Waals surface area contributed by atoms with Gasteiger partial charge in [0.2, 0.25) is 0 Å². The third-order valence-corrected chi connectivity index (χ3v) is 14.5. The number of benzene rings is 9. The van der Waals surface area contributed by atoms with Crippen LogP contribution in [0, 0.1) is 82.9 Å². The summed E-state index contributed by atoms with van der Waals surface area (Å²) >= 11 is 0. The van der Waals surface area contributed by atoms with Crippen LogP contribution in [0.1, 0.15) is 27.8 Å². The van der Waals surface area contributed by atoms with Crippen LogP contribution in [0.3, 0.4) is 0 Å². The lowest BCUT2D eigenvalue weighted by atomic mass is 9.96. The van der Waals surface area contributed by atoms with Crippen molar-refractivity contribution in [3.63, 3.8) is 0 Å². The number of nitriles is 5. The van der Waals surface area contributed by atoms with Gasteiger partial charge in [-0.2, -0.15) is 26.3 Å². The molecule has 12 nitrogen and oxygen atoms in total. The molecule has 0 radical (unpaired) electrons. The molecule has 0 atom stereocenters. The largest absolute Gasteiger partial charge is 0.309 e. The van der Waals surface area contributed by atoms with E-state index in [4.69, 9.17) is 26.3 Å². The molecule has 362 valence electrons. The lowest BCUT2D eigenvalue weighted by molar-refractivity contribution is 1.15. The van der Waals surface area contributed by atoms with Gasteiger partial charge in [-0.15, -0.1) is 0 Å². The molecule has 3 aromatic heterocycles. The molecule has 0 N–H and O–H groups in total. The highest BCUT2D eigenvalue weighted by molar-refractivity contribution is 6.14. The fourth-order valence-electron chi connectivity index (χ4n) is 10.8. The highest BCUT2D eigenvalue weighted by Gasteiger charge is 2.23. The Morgan fingerprint density at radius 1 is 0.350 bits per heavy atom. The van der Waals surface area contributed by atoms with Crippen molar-refractivity contribution < 1.29 is 0 Å². The van der Waals surface area contributed by atoms with Crippen molar-refractivity contribution in [3.8, 4) is 97.4 Å². The van der Waals surface area contributed by atoms with Gasteiger partial charge in [-0.1, -0.05) is 60.7 Å². The highest BCUT2D eigenvalue weighted by atomic mass is 15.0. The minimum absolute atomic E-state index is 0.334. The third kappa shape index (κ3) is 7.82. The van der Waals surface area contributed by atoms with E-state index >= 15 is 0 Å². The van der Waals surface area contributed by atoms with Crippen molar-refractivity contribution in [2.75, 3.05) is 0 Å². The molecule has 0 fully saturated rings. The van der Waals surface area contributed by atoms with Crippen LogP contribution in [0.15, 0.2) is 182 Å². The van der Waals surface area contributed by atoms with Gasteiger partial charge >= 0.3 is 0 Å². The number of pyridine rings is 1. The van der Waals surface area contributed by atoms with Crippen LogP contribution in [0.2, 0.25) is 0 Å². The normalized spacial score (nSPS) is 10.6. The zero-order valence-electron chi connectivity index (χ0n) is 41.7. The van der Waals surface area contributed by atoms with E-state index in [9.17, 15) is 26.3 Å². The molecule has 12 aromatic rings. The van der Waals surface area contributed by atoms with Crippen molar-refractivity contribution >= 4 is 66.4 Å². The zero-order chi connectivity index (χ0) is 55.2. The van der Waals surface area contributed by atoms with Gasteiger partial charge in [0.25, 0.3) is 0 Å². The molecule has 0 amide bonds. The molecule has 0 aliphatic rings. The smallest absolute Gasteiger partial charge is 0.196 e. The summed E-state index contributed by atoms with van der Waals surface area (Å²) in [7, 11) is 0. The van der Waals surface area contributed by atoms with E-state index < -0.39 is 0 Å². The summed E-state index contributed by atoms with van der Waals surface area (Å²) in [4.78, 5) is 19.3. The standard InChI is InChI=1S/C68H30N12/c1-74-49-12-17-52(47(27-49)37-72)42-8-21-66-59(29-42)60-30-43(53-18-13-50(75-2)28-48(53)38-73)9-22-67(60)80(66)68-23-24-78-39-61(68)56-33-51(14-7-46(56)36-71)79-64-19-10-44(54-15-5-40(34-69)25-62(54)76-3)31-57(64)58-32-45(11-20-65(58)79)55-16-6-41(35-70)26-63(55)77-4/h5-33,39H. The van der Waals surface area contributed by atoms with Gasteiger partial charge in [0, 0.05) is 73.0 Å². The molecule has 0 aliphatic heterocycles. The number of aromatic nitrogens is 3. The molecule has 0 saturated heterocycles. The Bertz CT molecular complexity index is 4880. The molecule has 0 spiro atoms. The second-order valence-electron chi connectivity index (χ2n) is 18.7. The average Bonchev–Trinajstić information content (AvgIpc) is 4.26. The Morgan fingerprint density at radius 3 is 1.21 bits per heavy atom. The van der Waals surface area contributed by atoms with E-state index in [1.807, 2.05) is 91.0 Å². The van der Waals surface area contributed by atoms with E-state index in [0.717, 1.165) is 71.6 Å². The van der Waals surface area contributed by atoms with Crippen molar-refractivity contribution in [3.05, 3.63) is 256 Å². The number of nitrogens with zero attached hydrogens (tertiary/aromatic N) is 12. The van der Waals surface area contributed by atoms with Crippen LogP contribution in [-0.2, 0) is 0 Å². The molecule has 9 aromatic carbocycles. The molecular formula is C68H30N12. The Morgan fingerprint density at radius 2 is 0.787 bits per heavy atom. The van der Waals surface area contributed by atoms with Gasteiger partial charge in [-0.25, -0.2) is 19.4 Å². The Balaban J connectivity index is 1.09. The SMILES string of the molecule is [C-]#[N+]c1ccc(-c2ccc3c(c2)c2cc(-c4ccc([N+]#[C-])cc4C#N)ccc2n3-c2ccncc2-c2cc(-n3c4ccc(-c5ccc(C#N)cc5[N+]#[C-])cc4c4cc(-c5ccc(C#N)cc5[N+]#[C-])ccc43)ccc2C#N)c(C#N)c1. The number of rotatable bonds is 7. The first-order valence-corrected chi connectivity index (χ1v) is 24.6. The minimum Gasteiger partial charge on any atom is -0.309 e. The topological polar surface area (TPSA) is 159 Å². The second-order valence-corrected chi connectivity index (χ2v) is 18.7. The van der Waals surface area contributed by atoms with Crippen LogP contribution >= 0.6 is 0 Å². The van der Waals surface area contributed by atoms with Crippen molar-refractivity contribution in [1.29, 1.82) is 26.3 Å². The maximum Gasteiger partial charge on any atom is 0.196 e. The molecule has 80 heavy (non-hydrogen) atoms. The molecule has 12 heteroatoms. The van der Waals surface area contributed by atoms with Crippen LogP contribution in [-0.4, -0.2) is 14.1 Å². The monoisotopic (exact) mass is 1010 g/mol. The van der Waals surface area contributed by atoms with E-state index in [0.29, 0.717) is 89.6 Å². The number of hydrogen-bond donors (Lipinski definition) is 0. The van der Waals surface area contributed by atoms with Crippen molar-refractivity contribution in [2.45, 2.75) is 0 Å². The van der Waals surface area contributed by atoms with E-state index in [1.54, 1.807) is 91.3 Å². The maximum absolute atomic E-state index is 10.9. The van der Waals surface area contributed by atoms with Gasteiger partial charge < -0.3 is 9.13 Å². The van der Waals surface area contributed by atoms with Crippen LogP contribution < -0.4 is 0 Å². The summed E-state index contributed by atoms with van der Waals surface area (Å²) in [6.45, 7) is 31.2. The quantitative estimate of drug-likeness (QED) is 0.145. The zero-order valence-corrected chi connectivity index (χ0v) is 41.7. The molecule has 0 bridgehead atoms. The maximum atomic E-state index is 10.9. The van der Waals surface area contributed by atoms with Gasteiger partial charge in [0.1, 0.15) is 0 Å². The van der Waals surface area contributed by atoms with Gasteiger partial charge in [0.15, 0.2) is 22.7 Å². The highest BCUT2D eigenvalue weighted by Crippen LogP contribution is 2.44. The number of fused-ring (bicyclic) bond motifs is 6. The van der Waals surface area contributed by atoms with Gasteiger partial charge in [-0.3, -0.25) is 4.98 Å².